The number of likely N-dealkylation sites (N-methyl/N-ethyl adjacent to an activating group) is 1. The van der Waals surface area contributed by atoms with Gasteiger partial charge in [0.15, 0.2) is 5.11 Å². The molecule has 0 aliphatic carbocycles. The van der Waals surface area contributed by atoms with E-state index >= 15 is 0 Å². The number of para-hydroxylation sites is 1. The Labute approximate surface area is 107 Å². The number of benzene rings is 1. The highest BCUT2D eigenvalue weighted by Crippen LogP contribution is 2.28. The van der Waals surface area contributed by atoms with Crippen molar-refractivity contribution >= 4 is 28.9 Å². The van der Waals surface area contributed by atoms with Crippen molar-refractivity contribution in [3.63, 3.8) is 0 Å². The predicted octanol–water partition coefficient (Wildman–Crippen LogP) is 2.26. The minimum Gasteiger partial charge on any atom is -0.339 e. The summed E-state index contributed by atoms with van der Waals surface area (Å²) in [6.07, 6.45) is 0. The lowest BCUT2D eigenvalue weighted by atomic mass is 10.1. The smallest absolute Gasteiger partial charge is 0.252 e. The van der Waals surface area contributed by atoms with Gasteiger partial charge in [-0.25, -0.2) is 0 Å². The molecule has 1 fully saturated rings. The first-order valence-corrected chi connectivity index (χ1v) is 6.15. The predicted molar refractivity (Wildman–Crippen MR) is 73.2 cm³/mol. The van der Waals surface area contributed by atoms with Crippen LogP contribution < -0.4 is 4.90 Å². The molecule has 0 radical (unpaired) electrons. The summed E-state index contributed by atoms with van der Waals surface area (Å²) >= 11 is 5.37. The molecule has 1 aromatic carbocycles. The van der Waals surface area contributed by atoms with Crippen LogP contribution in [0.2, 0.25) is 0 Å². The van der Waals surface area contributed by atoms with E-state index in [1.165, 1.54) is 0 Å². The normalized spacial score (nSPS) is 15.9. The lowest BCUT2D eigenvalue weighted by Gasteiger charge is -2.22. The average Bonchev–Trinajstić information content (AvgIpc) is 2.56. The van der Waals surface area contributed by atoms with Crippen molar-refractivity contribution in [3.05, 3.63) is 29.3 Å². The fourth-order valence-corrected chi connectivity index (χ4v) is 2.56. The molecular weight excluding hydrogens is 232 g/mol. The van der Waals surface area contributed by atoms with Gasteiger partial charge in [0, 0.05) is 6.54 Å². The van der Waals surface area contributed by atoms with Gasteiger partial charge in [0.2, 0.25) is 0 Å². The summed E-state index contributed by atoms with van der Waals surface area (Å²) in [4.78, 5) is 15.6. The Morgan fingerprint density at radius 1 is 1.29 bits per heavy atom. The number of anilines is 1. The van der Waals surface area contributed by atoms with Crippen molar-refractivity contribution in [1.29, 1.82) is 0 Å². The Kier molecular flexibility index (Phi) is 3.15. The fourth-order valence-electron chi connectivity index (χ4n) is 2.18. The summed E-state index contributed by atoms with van der Waals surface area (Å²) in [6.45, 7) is 7.18. The van der Waals surface area contributed by atoms with Crippen LogP contribution in [-0.2, 0) is 4.79 Å². The topological polar surface area (TPSA) is 23.6 Å². The van der Waals surface area contributed by atoms with Gasteiger partial charge in [0.05, 0.1) is 12.2 Å². The SMILES string of the molecule is CCN1CC(=O)N(c2c(C)cccc2C)C1=S. The van der Waals surface area contributed by atoms with Crippen LogP contribution in [0.3, 0.4) is 0 Å². The van der Waals surface area contributed by atoms with E-state index in [9.17, 15) is 4.79 Å². The van der Waals surface area contributed by atoms with Crippen molar-refractivity contribution in [1.82, 2.24) is 4.90 Å². The van der Waals surface area contributed by atoms with Gasteiger partial charge in [-0.2, -0.15) is 0 Å². The van der Waals surface area contributed by atoms with Crippen LogP contribution in [0.25, 0.3) is 0 Å². The highest BCUT2D eigenvalue weighted by molar-refractivity contribution is 7.80. The van der Waals surface area contributed by atoms with Gasteiger partial charge >= 0.3 is 0 Å². The molecule has 4 heteroatoms. The van der Waals surface area contributed by atoms with Crippen LogP contribution >= 0.6 is 12.2 Å². The molecular formula is C13H16N2OS. The summed E-state index contributed by atoms with van der Waals surface area (Å²) in [5.41, 5.74) is 3.11. The first kappa shape index (κ1) is 12.0. The molecule has 0 unspecified atom stereocenters. The largest absolute Gasteiger partial charge is 0.339 e. The summed E-state index contributed by atoms with van der Waals surface area (Å²) in [5, 5.41) is 0.620. The molecule has 90 valence electrons. The molecule has 1 aliphatic rings. The van der Waals surface area contributed by atoms with Crippen LogP contribution in [0.5, 0.6) is 0 Å². The Morgan fingerprint density at radius 2 is 1.88 bits per heavy atom. The van der Waals surface area contributed by atoms with Crippen molar-refractivity contribution in [3.8, 4) is 0 Å². The van der Waals surface area contributed by atoms with E-state index in [1.807, 2.05) is 43.9 Å². The maximum Gasteiger partial charge on any atom is 0.252 e. The lowest BCUT2D eigenvalue weighted by Crippen LogP contribution is -2.33. The van der Waals surface area contributed by atoms with Gasteiger partial charge in [0.25, 0.3) is 5.91 Å². The second-order valence-electron chi connectivity index (χ2n) is 4.27. The molecule has 0 aromatic heterocycles. The third-order valence-corrected chi connectivity index (χ3v) is 3.52. The zero-order valence-electron chi connectivity index (χ0n) is 10.4. The van der Waals surface area contributed by atoms with E-state index in [0.29, 0.717) is 11.7 Å². The molecule has 1 aliphatic heterocycles. The zero-order valence-corrected chi connectivity index (χ0v) is 11.2. The average molecular weight is 248 g/mol. The number of thiocarbonyl (C=S) groups is 1. The van der Waals surface area contributed by atoms with E-state index in [-0.39, 0.29) is 5.91 Å². The van der Waals surface area contributed by atoms with Gasteiger partial charge in [-0.3, -0.25) is 9.69 Å². The Balaban J connectivity index is 2.47. The number of nitrogens with zero attached hydrogens (tertiary/aromatic N) is 2. The number of carbonyl (C=O) groups is 1. The number of carbonyl (C=O) groups excluding carboxylic acids is 1. The maximum atomic E-state index is 12.1. The van der Waals surface area contributed by atoms with E-state index < -0.39 is 0 Å². The molecule has 2 rings (SSSR count). The second-order valence-corrected chi connectivity index (χ2v) is 4.63. The molecule has 0 bridgehead atoms. The van der Waals surface area contributed by atoms with Crippen molar-refractivity contribution in [2.45, 2.75) is 20.8 Å². The molecule has 0 N–H and O–H groups in total. The van der Waals surface area contributed by atoms with Crippen molar-refractivity contribution in [2.75, 3.05) is 18.0 Å². The minimum atomic E-state index is 0.0641. The van der Waals surface area contributed by atoms with Crippen LogP contribution in [0.1, 0.15) is 18.1 Å². The number of aryl methyl sites for hydroxylation is 2. The number of amides is 1. The summed E-state index contributed by atoms with van der Waals surface area (Å²) in [5.74, 6) is 0.0641. The molecule has 0 saturated carbocycles. The van der Waals surface area contributed by atoms with Gasteiger partial charge < -0.3 is 4.90 Å². The van der Waals surface area contributed by atoms with Crippen LogP contribution in [0, 0.1) is 13.8 Å². The summed E-state index contributed by atoms with van der Waals surface area (Å²) < 4.78 is 0. The lowest BCUT2D eigenvalue weighted by molar-refractivity contribution is -0.116. The fraction of sp³-hybridized carbons (Fsp3) is 0.385. The molecule has 0 atom stereocenters. The zero-order chi connectivity index (χ0) is 12.6. The standard InChI is InChI=1S/C13H16N2OS/c1-4-14-8-11(16)15(13(14)17)12-9(2)6-5-7-10(12)3/h5-7H,4,8H2,1-3H3. The first-order valence-electron chi connectivity index (χ1n) is 5.74. The third kappa shape index (κ3) is 1.93. The van der Waals surface area contributed by atoms with Gasteiger partial charge in [0.1, 0.15) is 0 Å². The first-order chi connectivity index (χ1) is 8.06. The van der Waals surface area contributed by atoms with Crippen LogP contribution in [0.15, 0.2) is 18.2 Å². The van der Waals surface area contributed by atoms with Gasteiger partial charge in [-0.05, 0) is 44.1 Å². The quantitative estimate of drug-likeness (QED) is 0.750. The van der Waals surface area contributed by atoms with Gasteiger partial charge in [-0.1, -0.05) is 18.2 Å². The van der Waals surface area contributed by atoms with E-state index in [1.54, 1.807) is 4.90 Å². The number of rotatable bonds is 2. The highest BCUT2D eigenvalue weighted by atomic mass is 32.1. The van der Waals surface area contributed by atoms with Crippen molar-refractivity contribution < 1.29 is 4.79 Å². The molecule has 3 nitrogen and oxygen atoms in total. The van der Waals surface area contributed by atoms with E-state index in [4.69, 9.17) is 12.2 Å². The highest BCUT2D eigenvalue weighted by Gasteiger charge is 2.34. The third-order valence-electron chi connectivity index (χ3n) is 3.08. The summed E-state index contributed by atoms with van der Waals surface area (Å²) in [6, 6.07) is 6.01. The van der Waals surface area contributed by atoms with Crippen molar-refractivity contribution in [2.24, 2.45) is 0 Å². The molecule has 0 spiro atoms. The molecule has 17 heavy (non-hydrogen) atoms. The van der Waals surface area contributed by atoms with E-state index in [2.05, 4.69) is 0 Å². The van der Waals surface area contributed by atoms with Gasteiger partial charge in [-0.15, -0.1) is 0 Å². The number of hydrogen-bond donors (Lipinski definition) is 0. The van der Waals surface area contributed by atoms with Crippen LogP contribution in [0.4, 0.5) is 5.69 Å². The molecule has 1 saturated heterocycles. The Bertz CT molecular complexity index is 464. The Hall–Kier alpha value is -1.42. The minimum absolute atomic E-state index is 0.0641. The number of hydrogen-bond acceptors (Lipinski definition) is 2. The monoisotopic (exact) mass is 248 g/mol. The summed E-state index contributed by atoms with van der Waals surface area (Å²) in [7, 11) is 0. The molecule has 1 amide bonds. The Morgan fingerprint density at radius 3 is 2.35 bits per heavy atom. The molecule has 1 heterocycles. The van der Waals surface area contributed by atoms with E-state index in [0.717, 1.165) is 23.4 Å². The van der Waals surface area contributed by atoms with Crippen LogP contribution in [-0.4, -0.2) is 29.0 Å². The molecule has 1 aromatic rings. The second kappa shape index (κ2) is 4.45. The maximum absolute atomic E-state index is 12.1.